The number of rotatable bonds is 3. The molecule has 1 amide bonds. The van der Waals surface area contributed by atoms with E-state index >= 15 is 0 Å². The van der Waals surface area contributed by atoms with Crippen LogP contribution < -0.4 is 0 Å². The molecule has 0 spiro atoms. The third-order valence-electron chi connectivity index (χ3n) is 5.05. The molecule has 3 aliphatic rings. The van der Waals surface area contributed by atoms with Crippen LogP contribution in [0.1, 0.15) is 26.7 Å². The van der Waals surface area contributed by atoms with E-state index < -0.39 is 11.9 Å². The zero-order valence-electron chi connectivity index (χ0n) is 11.6. The van der Waals surface area contributed by atoms with E-state index in [1.54, 1.807) is 0 Å². The van der Waals surface area contributed by atoms with Crippen LogP contribution in [0.2, 0.25) is 0 Å². The zero-order chi connectivity index (χ0) is 13.8. The molecule has 1 saturated heterocycles. The lowest BCUT2D eigenvalue weighted by molar-refractivity contribution is -0.142. The molecule has 1 N–H and O–H groups in total. The summed E-state index contributed by atoms with van der Waals surface area (Å²) in [5, 5.41) is 9.15. The van der Waals surface area contributed by atoms with E-state index in [0.29, 0.717) is 0 Å². The van der Waals surface area contributed by atoms with Gasteiger partial charge in [-0.2, -0.15) is 0 Å². The van der Waals surface area contributed by atoms with Gasteiger partial charge in [0.05, 0.1) is 11.8 Å². The number of carboxylic acids is 1. The largest absolute Gasteiger partial charge is 0.481 e. The molecule has 3 fully saturated rings. The first-order chi connectivity index (χ1) is 8.93. The molecule has 0 unspecified atom stereocenters. The second-order valence-corrected chi connectivity index (χ2v) is 6.71. The van der Waals surface area contributed by atoms with Crippen molar-refractivity contribution >= 4 is 11.9 Å². The number of carboxylic acid groups (broad SMARTS) is 1. The van der Waals surface area contributed by atoms with Crippen LogP contribution in [-0.4, -0.2) is 59.0 Å². The van der Waals surface area contributed by atoms with E-state index in [1.165, 1.54) is 12.8 Å². The molecular weight excluding hydrogens is 244 g/mol. The smallest absolute Gasteiger partial charge is 0.307 e. The molecule has 0 radical (unpaired) electrons. The second-order valence-electron chi connectivity index (χ2n) is 6.71. The van der Waals surface area contributed by atoms with Crippen LogP contribution in [0.5, 0.6) is 0 Å². The number of amides is 1. The Morgan fingerprint density at radius 3 is 2.05 bits per heavy atom. The number of nitrogens with zero attached hydrogens (tertiary/aromatic N) is 2. The molecule has 0 bridgehead atoms. The maximum atomic E-state index is 12.4. The second kappa shape index (κ2) is 4.20. The minimum absolute atomic E-state index is 0.0489. The molecule has 2 aliphatic carbocycles. The van der Waals surface area contributed by atoms with Gasteiger partial charge in [0.25, 0.3) is 0 Å². The highest BCUT2D eigenvalue weighted by Gasteiger charge is 2.66. The third kappa shape index (κ3) is 2.14. The summed E-state index contributed by atoms with van der Waals surface area (Å²) < 4.78 is 0. The van der Waals surface area contributed by atoms with Crippen molar-refractivity contribution in [2.24, 2.45) is 17.3 Å². The molecule has 1 heterocycles. The van der Waals surface area contributed by atoms with E-state index in [0.717, 1.165) is 32.2 Å². The van der Waals surface area contributed by atoms with E-state index in [-0.39, 0.29) is 17.2 Å². The lowest BCUT2D eigenvalue weighted by atomic mass is 10.1. The minimum atomic E-state index is -0.833. The molecule has 0 aromatic rings. The Morgan fingerprint density at radius 1 is 1.05 bits per heavy atom. The lowest BCUT2D eigenvalue weighted by Gasteiger charge is -2.35. The fourth-order valence-corrected chi connectivity index (χ4v) is 3.50. The van der Waals surface area contributed by atoms with Gasteiger partial charge in [0, 0.05) is 32.2 Å². The van der Waals surface area contributed by atoms with Gasteiger partial charge in [-0.1, -0.05) is 13.8 Å². The molecule has 2 atom stereocenters. The third-order valence-corrected chi connectivity index (χ3v) is 5.05. The van der Waals surface area contributed by atoms with Gasteiger partial charge in [0.2, 0.25) is 5.91 Å². The summed E-state index contributed by atoms with van der Waals surface area (Å²) in [5.74, 6) is -1.60. The first-order valence-electron chi connectivity index (χ1n) is 7.18. The quantitative estimate of drug-likeness (QED) is 0.815. The van der Waals surface area contributed by atoms with Crippen molar-refractivity contribution in [3.8, 4) is 0 Å². The summed E-state index contributed by atoms with van der Waals surface area (Å²) >= 11 is 0. The van der Waals surface area contributed by atoms with Crippen molar-refractivity contribution in [3.63, 3.8) is 0 Å². The Labute approximate surface area is 113 Å². The zero-order valence-corrected chi connectivity index (χ0v) is 11.6. The summed E-state index contributed by atoms with van der Waals surface area (Å²) in [5.41, 5.74) is -0.378. The standard InChI is InChI=1S/C14H22N2O3/c1-14(2)10(11(14)13(18)19)12(17)16-7-5-15(6-8-16)9-3-4-9/h9-11H,3-8H2,1-2H3,(H,18,19)/t10-,11+/m1/s1. The number of hydrogen-bond donors (Lipinski definition) is 1. The van der Waals surface area contributed by atoms with Gasteiger partial charge in [0.15, 0.2) is 0 Å². The lowest BCUT2D eigenvalue weighted by Crippen LogP contribution is -2.50. The topological polar surface area (TPSA) is 60.9 Å². The Morgan fingerprint density at radius 2 is 1.63 bits per heavy atom. The summed E-state index contributed by atoms with van der Waals surface area (Å²) in [6.45, 7) is 7.18. The van der Waals surface area contributed by atoms with Crippen molar-refractivity contribution in [3.05, 3.63) is 0 Å². The number of aliphatic carboxylic acids is 1. The van der Waals surface area contributed by atoms with Crippen LogP contribution in [0.15, 0.2) is 0 Å². The van der Waals surface area contributed by atoms with Gasteiger partial charge in [-0.15, -0.1) is 0 Å². The summed E-state index contributed by atoms with van der Waals surface area (Å²) in [6, 6.07) is 0.751. The van der Waals surface area contributed by atoms with Crippen LogP contribution in [0.4, 0.5) is 0 Å². The van der Waals surface area contributed by atoms with Gasteiger partial charge in [0.1, 0.15) is 0 Å². The van der Waals surface area contributed by atoms with E-state index in [1.807, 2.05) is 18.7 Å². The average Bonchev–Trinajstić information content (AvgIpc) is 3.24. The number of carbonyl (C=O) groups excluding carboxylic acids is 1. The van der Waals surface area contributed by atoms with Crippen molar-refractivity contribution in [1.29, 1.82) is 0 Å². The normalized spacial score (nSPS) is 34.1. The molecule has 1 aliphatic heterocycles. The first-order valence-corrected chi connectivity index (χ1v) is 7.18. The number of hydrogen-bond acceptors (Lipinski definition) is 3. The molecule has 3 rings (SSSR count). The van der Waals surface area contributed by atoms with Crippen molar-refractivity contribution in [2.45, 2.75) is 32.7 Å². The van der Waals surface area contributed by atoms with Crippen LogP contribution in [-0.2, 0) is 9.59 Å². The SMILES string of the molecule is CC1(C)[C@H](C(=O)O)[C@@H]1C(=O)N1CCN(C2CC2)CC1. The van der Waals surface area contributed by atoms with E-state index in [4.69, 9.17) is 5.11 Å². The van der Waals surface area contributed by atoms with Gasteiger partial charge in [-0.05, 0) is 18.3 Å². The fraction of sp³-hybridized carbons (Fsp3) is 0.857. The van der Waals surface area contributed by atoms with E-state index in [2.05, 4.69) is 4.90 Å². The summed E-state index contributed by atoms with van der Waals surface area (Å²) in [7, 11) is 0. The van der Waals surface area contributed by atoms with Crippen LogP contribution in [0.25, 0.3) is 0 Å². The highest BCUT2D eigenvalue weighted by atomic mass is 16.4. The van der Waals surface area contributed by atoms with Crippen molar-refractivity contribution in [1.82, 2.24) is 9.80 Å². The van der Waals surface area contributed by atoms with Gasteiger partial charge >= 0.3 is 5.97 Å². The van der Waals surface area contributed by atoms with Crippen molar-refractivity contribution in [2.75, 3.05) is 26.2 Å². The molecular formula is C14H22N2O3. The van der Waals surface area contributed by atoms with Crippen molar-refractivity contribution < 1.29 is 14.7 Å². The molecule has 2 saturated carbocycles. The predicted octanol–water partition coefficient (Wildman–Crippen LogP) is 0.650. The molecule has 5 heteroatoms. The maximum absolute atomic E-state index is 12.4. The van der Waals surface area contributed by atoms with Crippen LogP contribution >= 0.6 is 0 Å². The summed E-state index contributed by atoms with van der Waals surface area (Å²) in [4.78, 5) is 27.9. The molecule has 0 aromatic carbocycles. The predicted molar refractivity (Wildman–Crippen MR) is 69.6 cm³/mol. The highest BCUT2D eigenvalue weighted by molar-refractivity contribution is 5.91. The van der Waals surface area contributed by atoms with Crippen LogP contribution in [0.3, 0.4) is 0 Å². The number of piperazine rings is 1. The van der Waals surface area contributed by atoms with Crippen LogP contribution in [0, 0.1) is 17.3 Å². The van der Waals surface area contributed by atoms with E-state index in [9.17, 15) is 9.59 Å². The van der Waals surface area contributed by atoms with Gasteiger partial charge in [-0.25, -0.2) is 0 Å². The molecule has 5 nitrogen and oxygen atoms in total. The Balaban J connectivity index is 1.58. The number of carbonyl (C=O) groups is 2. The highest BCUT2D eigenvalue weighted by Crippen LogP contribution is 2.59. The minimum Gasteiger partial charge on any atom is -0.481 e. The first kappa shape index (κ1) is 12.9. The Kier molecular flexibility index (Phi) is 2.85. The maximum Gasteiger partial charge on any atom is 0.307 e. The monoisotopic (exact) mass is 266 g/mol. The Bertz CT molecular complexity index is 409. The molecule has 106 valence electrons. The molecule has 19 heavy (non-hydrogen) atoms. The summed E-state index contributed by atoms with van der Waals surface area (Å²) in [6.07, 6.45) is 2.59. The van der Waals surface area contributed by atoms with Gasteiger partial charge < -0.3 is 10.0 Å². The van der Waals surface area contributed by atoms with Gasteiger partial charge in [-0.3, -0.25) is 14.5 Å². The Hall–Kier alpha value is -1.10. The molecule has 0 aromatic heterocycles. The fourth-order valence-electron chi connectivity index (χ4n) is 3.50. The average molecular weight is 266 g/mol.